The van der Waals surface area contributed by atoms with Crippen LogP contribution < -0.4 is 16.3 Å². The number of amides is 1. The Labute approximate surface area is 162 Å². The van der Waals surface area contributed by atoms with E-state index in [1.807, 2.05) is 36.1 Å². The Morgan fingerprint density at radius 2 is 1.93 bits per heavy atom. The highest BCUT2D eigenvalue weighted by Gasteiger charge is 2.42. The van der Waals surface area contributed by atoms with Gasteiger partial charge in [0, 0.05) is 47.5 Å². The van der Waals surface area contributed by atoms with E-state index in [0.717, 1.165) is 17.7 Å². The number of pyridine rings is 1. The summed E-state index contributed by atoms with van der Waals surface area (Å²) in [7, 11) is 0. The number of benzene rings is 1. The number of carbonyl (C=O) groups excluding carboxylic acids is 1. The largest absolute Gasteiger partial charge is 0.362 e. The zero-order valence-corrected chi connectivity index (χ0v) is 16.1. The average molecular weight is 387 g/mol. The van der Waals surface area contributed by atoms with Crippen molar-refractivity contribution >= 4 is 17.5 Å². The van der Waals surface area contributed by atoms with Crippen LogP contribution in [0.1, 0.15) is 39.8 Å². The van der Waals surface area contributed by atoms with Crippen LogP contribution in [-0.4, -0.2) is 34.9 Å². The van der Waals surface area contributed by atoms with E-state index in [1.54, 1.807) is 6.92 Å². The number of carbonyl (C=O) groups is 1. The molecule has 3 atom stereocenters. The highest BCUT2D eigenvalue weighted by Crippen LogP contribution is 2.34. The molecule has 142 valence electrons. The lowest BCUT2D eigenvalue weighted by molar-refractivity contribution is 0.0650. The van der Waals surface area contributed by atoms with Gasteiger partial charge < -0.3 is 9.88 Å². The maximum atomic E-state index is 13.1. The van der Waals surface area contributed by atoms with Crippen LogP contribution in [0.4, 0.5) is 0 Å². The van der Waals surface area contributed by atoms with E-state index in [9.17, 15) is 9.59 Å². The molecule has 2 aliphatic rings. The molecule has 3 unspecified atom stereocenters. The molecule has 3 heterocycles. The molecule has 0 aliphatic carbocycles. The number of halogens is 1. The summed E-state index contributed by atoms with van der Waals surface area (Å²) in [6.45, 7) is 4.84. The Morgan fingerprint density at radius 1 is 1.19 bits per heavy atom. The number of nitrogens with zero attached hydrogens (tertiary/aromatic N) is 1. The number of likely N-dealkylation sites (tertiary alicyclic amines) is 1. The van der Waals surface area contributed by atoms with E-state index in [1.165, 1.54) is 6.07 Å². The van der Waals surface area contributed by atoms with Crippen LogP contribution >= 0.6 is 11.6 Å². The van der Waals surface area contributed by atoms with E-state index in [4.69, 9.17) is 11.6 Å². The number of nitrogens with one attached hydrogen (secondary N) is 3. The Morgan fingerprint density at radius 3 is 2.63 bits per heavy atom. The van der Waals surface area contributed by atoms with Crippen molar-refractivity contribution in [2.45, 2.75) is 32.4 Å². The number of rotatable bonds is 2. The van der Waals surface area contributed by atoms with Gasteiger partial charge >= 0.3 is 0 Å². The van der Waals surface area contributed by atoms with Crippen molar-refractivity contribution < 1.29 is 4.79 Å². The number of fused-ring (bicyclic) bond motifs is 1. The molecule has 0 bridgehead atoms. The molecule has 2 aromatic rings. The number of hydrogen-bond donors (Lipinski definition) is 3. The van der Waals surface area contributed by atoms with Gasteiger partial charge in [0.15, 0.2) is 5.43 Å². The van der Waals surface area contributed by atoms with E-state index < -0.39 is 0 Å². The zero-order valence-electron chi connectivity index (χ0n) is 15.4. The van der Waals surface area contributed by atoms with Gasteiger partial charge in [0.1, 0.15) is 5.56 Å². The summed E-state index contributed by atoms with van der Waals surface area (Å²) in [6.07, 6.45) is 0.844. The number of aromatic amines is 1. The van der Waals surface area contributed by atoms with Gasteiger partial charge in [-0.3, -0.25) is 15.0 Å². The van der Waals surface area contributed by atoms with E-state index in [2.05, 4.69) is 15.8 Å². The van der Waals surface area contributed by atoms with Gasteiger partial charge in [-0.15, -0.1) is 0 Å². The maximum Gasteiger partial charge on any atom is 0.259 e. The minimum absolute atomic E-state index is 0.0975. The van der Waals surface area contributed by atoms with Crippen LogP contribution in [0.15, 0.2) is 35.1 Å². The van der Waals surface area contributed by atoms with Crippen LogP contribution in [0.25, 0.3) is 0 Å². The van der Waals surface area contributed by atoms with E-state index >= 15 is 0 Å². The fraction of sp³-hybridized carbons (Fsp3) is 0.400. The predicted molar refractivity (Wildman–Crippen MR) is 105 cm³/mol. The van der Waals surface area contributed by atoms with Crippen molar-refractivity contribution in [3.05, 3.63) is 68.1 Å². The molecular weight excluding hydrogens is 364 g/mol. The lowest BCUT2D eigenvalue weighted by atomic mass is 9.85. The highest BCUT2D eigenvalue weighted by molar-refractivity contribution is 6.30. The summed E-state index contributed by atoms with van der Waals surface area (Å²) in [5, 5.41) is 0.704. The molecule has 0 saturated carbocycles. The van der Waals surface area contributed by atoms with Crippen molar-refractivity contribution in [2.75, 3.05) is 13.1 Å². The summed E-state index contributed by atoms with van der Waals surface area (Å²) < 4.78 is 0. The Balaban J connectivity index is 1.58. The van der Waals surface area contributed by atoms with Crippen molar-refractivity contribution in [2.24, 2.45) is 5.92 Å². The summed E-state index contributed by atoms with van der Waals surface area (Å²) in [4.78, 5) is 30.4. The Bertz CT molecular complexity index is 925. The molecule has 1 aromatic carbocycles. The first kappa shape index (κ1) is 18.2. The minimum Gasteiger partial charge on any atom is -0.362 e. The third kappa shape index (κ3) is 3.40. The second-order valence-electron chi connectivity index (χ2n) is 7.44. The number of hydrogen-bond acceptors (Lipinski definition) is 4. The van der Waals surface area contributed by atoms with Crippen molar-refractivity contribution in [3.8, 4) is 0 Å². The van der Waals surface area contributed by atoms with E-state index in [0.29, 0.717) is 29.8 Å². The first-order valence-corrected chi connectivity index (χ1v) is 9.58. The molecule has 1 aromatic heterocycles. The normalized spacial score (nSPS) is 24.7. The topological polar surface area (TPSA) is 77.2 Å². The molecule has 27 heavy (non-hydrogen) atoms. The summed E-state index contributed by atoms with van der Waals surface area (Å²) in [6, 6.07) is 9.67. The van der Waals surface area contributed by atoms with Gasteiger partial charge in [-0.1, -0.05) is 23.7 Å². The molecule has 4 rings (SSSR count). The van der Waals surface area contributed by atoms with Crippen LogP contribution in [0, 0.1) is 19.8 Å². The number of piperidine rings is 1. The highest BCUT2D eigenvalue weighted by atomic mass is 35.5. The molecule has 0 radical (unpaired) electrons. The first-order valence-electron chi connectivity index (χ1n) is 9.20. The second-order valence-corrected chi connectivity index (χ2v) is 7.88. The van der Waals surface area contributed by atoms with Gasteiger partial charge in [-0.2, -0.15) is 0 Å². The van der Waals surface area contributed by atoms with Crippen LogP contribution in [-0.2, 0) is 0 Å². The standard InChI is InChI=1S/C20H23ClN4O2/c1-11-9-17(26)18(12(2)22-11)20(27)25-8-7-16-15(10-25)19(24-23-16)13-3-5-14(21)6-4-13/h3-6,9,15-16,19,23-24H,7-8,10H2,1-2H3,(H,22,26). The third-order valence-corrected chi connectivity index (χ3v) is 5.85. The number of aryl methyl sites for hydroxylation is 2. The number of aromatic nitrogens is 1. The van der Waals surface area contributed by atoms with Gasteiger partial charge in [0.05, 0.1) is 6.04 Å². The monoisotopic (exact) mass is 386 g/mol. The third-order valence-electron chi connectivity index (χ3n) is 5.59. The van der Waals surface area contributed by atoms with Crippen LogP contribution in [0.2, 0.25) is 5.02 Å². The molecule has 2 aliphatic heterocycles. The van der Waals surface area contributed by atoms with Gasteiger partial charge in [-0.05, 0) is 38.0 Å². The summed E-state index contributed by atoms with van der Waals surface area (Å²) in [5.41, 5.74) is 9.29. The molecule has 1 amide bonds. The second kappa shape index (κ2) is 7.11. The molecule has 0 spiro atoms. The van der Waals surface area contributed by atoms with Gasteiger partial charge in [0.2, 0.25) is 0 Å². The lowest BCUT2D eigenvalue weighted by Gasteiger charge is -2.36. The first-order chi connectivity index (χ1) is 12.9. The summed E-state index contributed by atoms with van der Waals surface area (Å²) >= 11 is 6.01. The molecule has 6 nitrogen and oxygen atoms in total. The van der Waals surface area contributed by atoms with Crippen molar-refractivity contribution in [1.82, 2.24) is 20.7 Å². The molecule has 3 N–H and O–H groups in total. The minimum atomic E-state index is -0.215. The quantitative estimate of drug-likeness (QED) is 0.740. The van der Waals surface area contributed by atoms with Crippen LogP contribution in [0.3, 0.4) is 0 Å². The van der Waals surface area contributed by atoms with Crippen LogP contribution in [0.5, 0.6) is 0 Å². The van der Waals surface area contributed by atoms with Crippen molar-refractivity contribution in [1.29, 1.82) is 0 Å². The molecule has 2 saturated heterocycles. The fourth-order valence-corrected chi connectivity index (χ4v) is 4.39. The van der Waals surface area contributed by atoms with E-state index in [-0.39, 0.29) is 28.9 Å². The fourth-order valence-electron chi connectivity index (χ4n) is 4.26. The predicted octanol–water partition coefficient (Wildman–Crippen LogP) is 2.32. The maximum absolute atomic E-state index is 13.1. The summed E-state index contributed by atoms with van der Waals surface area (Å²) in [5.74, 6) is 0.0441. The average Bonchev–Trinajstić information content (AvgIpc) is 3.04. The lowest BCUT2D eigenvalue weighted by Crippen LogP contribution is -2.48. The van der Waals surface area contributed by atoms with Crippen molar-refractivity contribution in [3.63, 3.8) is 0 Å². The SMILES string of the molecule is Cc1cc(=O)c(C(=O)N2CCC3NNC(c4ccc(Cl)cc4)C3C2)c(C)[nH]1. The number of hydrazine groups is 1. The molecular formula is C20H23ClN4O2. The Hall–Kier alpha value is -2.15. The smallest absolute Gasteiger partial charge is 0.259 e. The van der Waals surface area contributed by atoms with Gasteiger partial charge in [0.25, 0.3) is 5.91 Å². The number of H-pyrrole nitrogens is 1. The molecule has 2 fully saturated rings. The van der Waals surface area contributed by atoms with Gasteiger partial charge in [-0.25, -0.2) is 5.43 Å². The Kier molecular flexibility index (Phi) is 4.80. The zero-order chi connectivity index (χ0) is 19.1. The molecule has 7 heteroatoms.